The molecule has 1 aromatic carbocycles. The van der Waals surface area contributed by atoms with Gasteiger partial charge in [0.1, 0.15) is 23.2 Å². The van der Waals surface area contributed by atoms with Crippen LogP contribution in [-0.4, -0.2) is 29.2 Å². The Kier molecular flexibility index (Phi) is 4.23. The van der Waals surface area contributed by atoms with Gasteiger partial charge in [-0.25, -0.2) is 4.68 Å². The second kappa shape index (κ2) is 5.90. The van der Waals surface area contributed by atoms with Crippen molar-refractivity contribution in [1.82, 2.24) is 15.0 Å². The molecule has 0 amide bonds. The fourth-order valence-electron chi connectivity index (χ4n) is 1.83. The number of halogens is 1. The van der Waals surface area contributed by atoms with Gasteiger partial charge >= 0.3 is 0 Å². The molecule has 0 fully saturated rings. The number of methoxy groups -OCH3 is 2. The smallest absolute Gasteiger partial charge is 0.188 e. The normalized spacial score (nSPS) is 10.3. The van der Waals surface area contributed by atoms with Crippen LogP contribution in [0.25, 0.3) is 5.69 Å². The molecular weight excluding hydrogens is 280 g/mol. The van der Waals surface area contributed by atoms with E-state index in [9.17, 15) is 0 Å². The summed E-state index contributed by atoms with van der Waals surface area (Å²) < 4.78 is 11.9. The SMILES string of the molecule is COCc1c(C#N)nnn1-c1cc(C)c(Cl)cc1OC. The van der Waals surface area contributed by atoms with Gasteiger partial charge in [0, 0.05) is 18.2 Å². The maximum Gasteiger partial charge on any atom is 0.188 e. The van der Waals surface area contributed by atoms with Gasteiger partial charge in [-0.05, 0) is 18.6 Å². The Labute approximate surface area is 121 Å². The molecule has 20 heavy (non-hydrogen) atoms. The van der Waals surface area contributed by atoms with Crippen LogP contribution in [-0.2, 0) is 11.3 Å². The number of hydrogen-bond donors (Lipinski definition) is 0. The number of rotatable bonds is 4. The molecule has 7 heteroatoms. The molecule has 0 atom stereocenters. The molecule has 2 aromatic rings. The van der Waals surface area contributed by atoms with Gasteiger partial charge in [-0.3, -0.25) is 0 Å². The number of hydrogen-bond acceptors (Lipinski definition) is 5. The third-order valence-corrected chi connectivity index (χ3v) is 3.25. The topological polar surface area (TPSA) is 73.0 Å². The zero-order valence-corrected chi connectivity index (χ0v) is 12.1. The highest BCUT2D eigenvalue weighted by Gasteiger charge is 2.18. The first-order chi connectivity index (χ1) is 9.62. The number of nitriles is 1. The second-order valence-corrected chi connectivity index (χ2v) is 4.52. The lowest BCUT2D eigenvalue weighted by molar-refractivity contribution is 0.179. The van der Waals surface area contributed by atoms with Gasteiger partial charge in [-0.2, -0.15) is 5.26 Å². The van der Waals surface area contributed by atoms with Crippen molar-refractivity contribution in [1.29, 1.82) is 5.26 Å². The zero-order valence-electron chi connectivity index (χ0n) is 11.3. The summed E-state index contributed by atoms with van der Waals surface area (Å²) in [6.07, 6.45) is 0. The van der Waals surface area contributed by atoms with Gasteiger partial charge < -0.3 is 9.47 Å². The minimum absolute atomic E-state index is 0.223. The van der Waals surface area contributed by atoms with Crippen LogP contribution in [0.3, 0.4) is 0 Å². The summed E-state index contributed by atoms with van der Waals surface area (Å²) in [5, 5.41) is 17.5. The third kappa shape index (κ3) is 2.46. The number of nitrogens with zero attached hydrogens (tertiary/aromatic N) is 4. The first kappa shape index (κ1) is 14.3. The van der Waals surface area contributed by atoms with Crippen molar-refractivity contribution in [3.8, 4) is 17.5 Å². The molecule has 2 rings (SSSR count). The molecule has 0 aliphatic carbocycles. The first-order valence-electron chi connectivity index (χ1n) is 5.80. The van der Waals surface area contributed by atoms with Crippen LogP contribution in [0.4, 0.5) is 0 Å². The van der Waals surface area contributed by atoms with E-state index < -0.39 is 0 Å². The molecule has 0 bridgehead atoms. The van der Waals surface area contributed by atoms with E-state index in [4.69, 9.17) is 26.3 Å². The molecule has 0 saturated heterocycles. The summed E-state index contributed by atoms with van der Waals surface area (Å²) in [6.45, 7) is 2.10. The minimum atomic E-state index is 0.223. The van der Waals surface area contributed by atoms with Crippen molar-refractivity contribution in [2.45, 2.75) is 13.5 Å². The average Bonchev–Trinajstić information content (AvgIpc) is 2.84. The van der Waals surface area contributed by atoms with Crippen LogP contribution in [0.15, 0.2) is 12.1 Å². The van der Waals surface area contributed by atoms with Crippen LogP contribution >= 0.6 is 11.6 Å². The number of ether oxygens (including phenoxy) is 2. The van der Waals surface area contributed by atoms with Gasteiger partial charge in [0.25, 0.3) is 0 Å². The molecular formula is C13H13ClN4O2. The predicted molar refractivity (Wildman–Crippen MR) is 73.1 cm³/mol. The van der Waals surface area contributed by atoms with Crippen LogP contribution in [0.5, 0.6) is 5.75 Å². The Morgan fingerprint density at radius 1 is 1.40 bits per heavy atom. The lowest BCUT2D eigenvalue weighted by atomic mass is 10.2. The van der Waals surface area contributed by atoms with E-state index in [0.717, 1.165) is 5.56 Å². The molecule has 0 spiro atoms. The van der Waals surface area contributed by atoms with Gasteiger partial charge in [-0.15, -0.1) is 5.10 Å². The van der Waals surface area contributed by atoms with Crippen LogP contribution in [0.1, 0.15) is 17.0 Å². The summed E-state index contributed by atoms with van der Waals surface area (Å²) in [6, 6.07) is 5.53. The maximum atomic E-state index is 9.06. The second-order valence-electron chi connectivity index (χ2n) is 4.11. The summed E-state index contributed by atoms with van der Waals surface area (Å²) >= 11 is 6.08. The van der Waals surface area contributed by atoms with E-state index in [2.05, 4.69) is 10.3 Å². The molecule has 0 unspecified atom stereocenters. The molecule has 0 aliphatic heterocycles. The van der Waals surface area contributed by atoms with Crippen molar-refractivity contribution >= 4 is 11.6 Å². The van der Waals surface area contributed by atoms with Crippen molar-refractivity contribution in [3.63, 3.8) is 0 Å². The molecule has 0 aliphatic rings. The average molecular weight is 293 g/mol. The highest BCUT2D eigenvalue weighted by molar-refractivity contribution is 6.31. The van der Waals surface area contributed by atoms with Crippen LogP contribution in [0.2, 0.25) is 5.02 Å². The molecule has 0 saturated carbocycles. The van der Waals surface area contributed by atoms with E-state index in [1.165, 1.54) is 4.68 Å². The summed E-state index contributed by atoms with van der Waals surface area (Å²) in [5.41, 5.74) is 2.33. The first-order valence-corrected chi connectivity index (χ1v) is 6.18. The van der Waals surface area contributed by atoms with E-state index in [0.29, 0.717) is 22.2 Å². The molecule has 104 valence electrons. The zero-order chi connectivity index (χ0) is 14.7. The highest BCUT2D eigenvalue weighted by Crippen LogP contribution is 2.30. The number of benzene rings is 1. The summed E-state index contributed by atoms with van der Waals surface area (Å²) in [4.78, 5) is 0. The summed E-state index contributed by atoms with van der Waals surface area (Å²) in [7, 11) is 3.09. The largest absolute Gasteiger partial charge is 0.494 e. The molecule has 0 radical (unpaired) electrons. The fourth-order valence-corrected chi connectivity index (χ4v) is 1.98. The van der Waals surface area contributed by atoms with Gasteiger partial charge in [-0.1, -0.05) is 16.8 Å². The van der Waals surface area contributed by atoms with Crippen molar-refractivity contribution in [3.05, 3.63) is 34.1 Å². The van der Waals surface area contributed by atoms with Crippen molar-refractivity contribution in [2.75, 3.05) is 14.2 Å². The number of aryl methyl sites for hydroxylation is 1. The Balaban J connectivity index is 2.65. The molecule has 0 N–H and O–H groups in total. The Bertz CT molecular complexity index is 676. The van der Waals surface area contributed by atoms with Gasteiger partial charge in [0.15, 0.2) is 5.69 Å². The van der Waals surface area contributed by atoms with E-state index in [1.807, 2.05) is 19.1 Å². The van der Waals surface area contributed by atoms with Crippen LogP contribution in [0, 0.1) is 18.3 Å². The molecule has 1 aromatic heterocycles. The van der Waals surface area contributed by atoms with Gasteiger partial charge in [0.2, 0.25) is 0 Å². The van der Waals surface area contributed by atoms with Gasteiger partial charge in [0.05, 0.1) is 13.7 Å². The lowest BCUT2D eigenvalue weighted by Gasteiger charge is -2.12. The predicted octanol–water partition coefficient (Wildman–Crippen LogP) is 2.26. The number of aromatic nitrogens is 3. The quantitative estimate of drug-likeness (QED) is 0.864. The van der Waals surface area contributed by atoms with E-state index >= 15 is 0 Å². The Hall–Kier alpha value is -2.10. The Morgan fingerprint density at radius 2 is 2.15 bits per heavy atom. The Morgan fingerprint density at radius 3 is 2.75 bits per heavy atom. The van der Waals surface area contributed by atoms with Crippen molar-refractivity contribution < 1.29 is 9.47 Å². The maximum absolute atomic E-state index is 9.06. The molecule has 6 nitrogen and oxygen atoms in total. The van der Waals surface area contributed by atoms with E-state index in [-0.39, 0.29) is 12.3 Å². The van der Waals surface area contributed by atoms with E-state index in [1.54, 1.807) is 20.3 Å². The minimum Gasteiger partial charge on any atom is -0.494 e. The summed E-state index contributed by atoms with van der Waals surface area (Å²) in [5.74, 6) is 0.548. The standard InChI is InChI=1S/C13H13ClN4O2/c1-8-4-11(13(20-3)5-9(8)14)18-12(7-19-2)10(6-15)16-17-18/h4-5H,7H2,1-3H3. The fraction of sp³-hybridized carbons (Fsp3) is 0.308. The highest BCUT2D eigenvalue weighted by atomic mass is 35.5. The van der Waals surface area contributed by atoms with Crippen molar-refractivity contribution in [2.24, 2.45) is 0 Å². The van der Waals surface area contributed by atoms with Crippen LogP contribution < -0.4 is 4.74 Å². The molecule has 1 heterocycles. The third-order valence-electron chi connectivity index (χ3n) is 2.84. The lowest BCUT2D eigenvalue weighted by Crippen LogP contribution is -2.06. The monoisotopic (exact) mass is 292 g/mol.